The van der Waals surface area contributed by atoms with Crippen molar-refractivity contribution in [1.29, 1.82) is 0 Å². The predicted molar refractivity (Wildman–Crippen MR) is 111 cm³/mol. The molecule has 9 heteroatoms. The molecule has 1 aromatic heterocycles. The summed E-state index contributed by atoms with van der Waals surface area (Å²) in [5.41, 5.74) is 8.00. The number of piperazine rings is 1. The summed E-state index contributed by atoms with van der Waals surface area (Å²) >= 11 is 0. The van der Waals surface area contributed by atoms with Gasteiger partial charge in [0.25, 0.3) is 0 Å². The van der Waals surface area contributed by atoms with E-state index in [4.69, 9.17) is 20.4 Å². The second-order valence-corrected chi connectivity index (χ2v) is 8.52. The van der Waals surface area contributed by atoms with Gasteiger partial charge in [-0.05, 0) is 39.3 Å². The van der Waals surface area contributed by atoms with Crippen molar-refractivity contribution in [2.24, 2.45) is 5.73 Å². The largest absolute Gasteiger partial charge is 0.462 e. The van der Waals surface area contributed by atoms with Gasteiger partial charge in [-0.15, -0.1) is 0 Å². The molecule has 0 aliphatic carbocycles. The third kappa shape index (κ3) is 5.14. The Hall–Kier alpha value is -1.55. The van der Waals surface area contributed by atoms with Crippen LogP contribution < -0.4 is 26.0 Å². The van der Waals surface area contributed by atoms with Crippen molar-refractivity contribution in [3.63, 3.8) is 0 Å². The first-order valence-electron chi connectivity index (χ1n) is 10.9. The Morgan fingerprint density at radius 2 is 2.14 bits per heavy atom. The Morgan fingerprint density at radius 1 is 1.24 bits per heavy atom. The second kappa shape index (κ2) is 9.51. The third-order valence-electron chi connectivity index (χ3n) is 6.11. The minimum Gasteiger partial charge on any atom is -0.462 e. The fourth-order valence-electron chi connectivity index (χ4n) is 4.49. The molecular weight excluding hydrogens is 373 g/mol. The van der Waals surface area contributed by atoms with Gasteiger partial charge in [0.05, 0.1) is 5.69 Å². The molecule has 0 saturated carbocycles. The molecule has 4 heterocycles. The quantitative estimate of drug-likeness (QED) is 0.585. The van der Waals surface area contributed by atoms with Crippen LogP contribution in [0.5, 0.6) is 6.01 Å². The maximum absolute atomic E-state index is 13.4. The van der Waals surface area contributed by atoms with E-state index in [1.807, 2.05) is 0 Å². The van der Waals surface area contributed by atoms with Gasteiger partial charge in [-0.3, -0.25) is 0 Å². The Morgan fingerprint density at radius 3 is 2.93 bits per heavy atom. The van der Waals surface area contributed by atoms with Crippen LogP contribution in [0.1, 0.15) is 30.5 Å². The maximum Gasteiger partial charge on any atom is 0.318 e. The van der Waals surface area contributed by atoms with Crippen molar-refractivity contribution in [3.8, 4) is 6.01 Å². The molecule has 3 aliphatic rings. The zero-order valence-electron chi connectivity index (χ0n) is 17.4. The number of halogens is 1. The highest BCUT2D eigenvalue weighted by Gasteiger charge is 2.28. The molecule has 8 nitrogen and oxygen atoms in total. The van der Waals surface area contributed by atoms with E-state index in [1.54, 1.807) is 0 Å². The van der Waals surface area contributed by atoms with Crippen molar-refractivity contribution in [2.45, 2.75) is 50.5 Å². The van der Waals surface area contributed by atoms with Crippen LogP contribution in [0.25, 0.3) is 0 Å². The molecule has 1 unspecified atom stereocenters. The lowest BCUT2D eigenvalue weighted by atomic mass is 10.0. The standard InChI is InChI=1S/C20H34FN7O/c1-27-7-4-17-18(12-27)25-20(29-13-16-9-14(21)10-24-16)26-19(17)28-8-6-23-15(11-28)3-2-5-22/h14-16,23-24H,2-13,22H2,1H3/t14-,15+,16?/m1/s1. The molecule has 4 N–H and O–H groups in total. The number of aromatic nitrogens is 2. The average molecular weight is 408 g/mol. The number of hydrogen-bond acceptors (Lipinski definition) is 8. The zero-order chi connectivity index (χ0) is 20.2. The first kappa shape index (κ1) is 20.7. The monoisotopic (exact) mass is 407 g/mol. The van der Waals surface area contributed by atoms with E-state index in [1.165, 1.54) is 5.56 Å². The molecule has 3 aliphatic heterocycles. The molecule has 162 valence electrons. The number of likely N-dealkylation sites (N-methyl/N-ethyl adjacent to an activating group) is 1. The van der Waals surface area contributed by atoms with E-state index in [9.17, 15) is 4.39 Å². The maximum atomic E-state index is 13.4. The molecule has 2 fully saturated rings. The van der Waals surface area contributed by atoms with Gasteiger partial charge in [-0.25, -0.2) is 4.39 Å². The van der Waals surface area contributed by atoms with Crippen LogP contribution in [-0.4, -0.2) is 86.0 Å². The lowest BCUT2D eigenvalue weighted by Gasteiger charge is -2.37. The van der Waals surface area contributed by atoms with E-state index in [-0.39, 0.29) is 6.04 Å². The molecule has 4 rings (SSSR count). The van der Waals surface area contributed by atoms with E-state index >= 15 is 0 Å². The number of ether oxygens (including phenoxy) is 1. The van der Waals surface area contributed by atoms with Crippen LogP contribution in [0, 0.1) is 0 Å². The fraction of sp³-hybridized carbons (Fsp3) is 0.800. The molecule has 0 amide bonds. The van der Waals surface area contributed by atoms with Crippen molar-refractivity contribution in [3.05, 3.63) is 11.3 Å². The number of nitrogens with two attached hydrogens (primary N) is 1. The topological polar surface area (TPSA) is 91.6 Å². The molecule has 0 spiro atoms. The first-order chi connectivity index (χ1) is 14.1. The van der Waals surface area contributed by atoms with Crippen LogP contribution in [0.15, 0.2) is 0 Å². The van der Waals surface area contributed by atoms with Crippen LogP contribution >= 0.6 is 0 Å². The summed E-state index contributed by atoms with van der Waals surface area (Å²) < 4.78 is 19.4. The summed E-state index contributed by atoms with van der Waals surface area (Å²) in [6, 6.07) is 0.864. The van der Waals surface area contributed by atoms with Crippen LogP contribution in [-0.2, 0) is 13.0 Å². The normalized spacial score (nSPS) is 27.8. The van der Waals surface area contributed by atoms with Gasteiger partial charge >= 0.3 is 6.01 Å². The van der Waals surface area contributed by atoms with Gasteiger partial charge in [0, 0.05) is 56.9 Å². The highest BCUT2D eigenvalue weighted by Crippen LogP contribution is 2.29. The Balaban J connectivity index is 1.52. The Bertz CT molecular complexity index is 691. The van der Waals surface area contributed by atoms with Gasteiger partial charge in [0.15, 0.2) is 0 Å². The summed E-state index contributed by atoms with van der Waals surface area (Å²) in [4.78, 5) is 14.2. The van der Waals surface area contributed by atoms with Crippen LogP contribution in [0.2, 0.25) is 0 Å². The molecule has 1 aromatic rings. The molecule has 0 radical (unpaired) electrons. The summed E-state index contributed by atoms with van der Waals surface area (Å²) in [6.45, 7) is 6.12. The predicted octanol–water partition coefficient (Wildman–Crippen LogP) is 0.0604. The van der Waals surface area contributed by atoms with Crippen molar-refractivity contribution >= 4 is 5.82 Å². The third-order valence-corrected chi connectivity index (χ3v) is 6.11. The molecule has 0 aromatic carbocycles. The number of fused-ring (bicyclic) bond motifs is 1. The summed E-state index contributed by atoms with van der Waals surface area (Å²) in [5.74, 6) is 1.01. The smallest absolute Gasteiger partial charge is 0.318 e. The van der Waals surface area contributed by atoms with Crippen LogP contribution in [0.4, 0.5) is 10.2 Å². The van der Waals surface area contributed by atoms with E-state index in [0.717, 1.165) is 70.0 Å². The number of nitrogens with zero attached hydrogens (tertiary/aromatic N) is 4. The van der Waals surface area contributed by atoms with Crippen molar-refractivity contribution in [2.75, 3.05) is 57.8 Å². The minimum atomic E-state index is -0.788. The molecular formula is C20H34FN7O. The lowest BCUT2D eigenvalue weighted by Crippen LogP contribution is -2.51. The first-order valence-corrected chi connectivity index (χ1v) is 10.9. The van der Waals surface area contributed by atoms with Crippen molar-refractivity contribution < 1.29 is 9.13 Å². The number of anilines is 1. The Labute approximate surface area is 172 Å². The molecule has 2 saturated heterocycles. The molecule has 3 atom stereocenters. The highest BCUT2D eigenvalue weighted by atomic mass is 19.1. The summed E-state index contributed by atoms with van der Waals surface area (Å²) in [7, 11) is 2.11. The second-order valence-electron chi connectivity index (χ2n) is 8.52. The van der Waals surface area contributed by atoms with Gasteiger partial charge < -0.3 is 30.9 Å². The molecule has 29 heavy (non-hydrogen) atoms. The zero-order valence-corrected chi connectivity index (χ0v) is 17.4. The van der Waals surface area contributed by atoms with Gasteiger partial charge in [0.1, 0.15) is 18.6 Å². The highest BCUT2D eigenvalue weighted by molar-refractivity contribution is 5.51. The fourth-order valence-corrected chi connectivity index (χ4v) is 4.49. The summed E-state index contributed by atoms with van der Waals surface area (Å²) in [5, 5.41) is 6.75. The Kier molecular flexibility index (Phi) is 6.79. The van der Waals surface area contributed by atoms with Gasteiger partial charge in [-0.2, -0.15) is 9.97 Å². The van der Waals surface area contributed by atoms with Gasteiger partial charge in [-0.1, -0.05) is 0 Å². The van der Waals surface area contributed by atoms with Crippen molar-refractivity contribution in [1.82, 2.24) is 25.5 Å². The number of rotatable bonds is 7. The lowest BCUT2D eigenvalue weighted by molar-refractivity contribution is 0.245. The minimum absolute atomic E-state index is 0.0237. The SMILES string of the molecule is CN1CCc2c(nc(OCC3C[C@@H](F)CN3)nc2N2CCN[C@@H](CCCN)C2)C1. The number of hydrogen-bond donors (Lipinski definition) is 3. The average Bonchev–Trinajstić information content (AvgIpc) is 3.15. The van der Waals surface area contributed by atoms with E-state index < -0.39 is 6.17 Å². The molecule has 0 bridgehead atoms. The van der Waals surface area contributed by atoms with Crippen LogP contribution in [0.3, 0.4) is 0 Å². The number of nitrogens with one attached hydrogen (secondary N) is 2. The number of alkyl halides is 1. The van der Waals surface area contributed by atoms with Gasteiger partial charge in [0.2, 0.25) is 0 Å². The summed E-state index contributed by atoms with van der Waals surface area (Å²) in [6.07, 6.45) is 2.75. The van der Waals surface area contributed by atoms with E-state index in [0.29, 0.717) is 31.6 Å². The van der Waals surface area contributed by atoms with E-state index in [2.05, 4.69) is 27.5 Å².